The molecule has 0 aromatic heterocycles. The van der Waals surface area contributed by atoms with Gasteiger partial charge < -0.3 is 4.90 Å². The van der Waals surface area contributed by atoms with Gasteiger partial charge in [0.05, 0.1) is 5.25 Å². The number of likely N-dealkylation sites (tertiary alicyclic amines) is 1. The first-order valence-electron chi connectivity index (χ1n) is 6.31. The zero-order valence-corrected chi connectivity index (χ0v) is 12.1. The van der Waals surface area contributed by atoms with Crippen molar-refractivity contribution in [3.63, 3.8) is 0 Å². The standard InChI is InChI=1S/C12H20BrNOS/c13-9-10-5-2-1-3-7-14(10)12(15)11-6-4-8-16-11/h10-11H,1-9H2. The van der Waals surface area contributed by atoms with Crippen LogP contribution in [0.25, 0.3) is 0 Å². The summed E-state index contributed by atoms with van der Waals surface area (Å²) in [5.74, 6) is 1.58. The van der Waals surface area contributed by atoms with E-state index in [-0.39, 0.29) is 5.25 Å². The van der Waals surface area contributed by atoms with Gasteiger partial charge in [-0.3, -0.25) is 4.79 Å². The summed E-state index contributed by atoms with van der Waals surface area (Å²) >= 11 is 5.42. The summed E-state index contributed by atoms with van der Waals surface area (Å²) in [5.41, 5.74) is 0. The number of hydrogen-bond acceptors (Lipinski definition) is 2. The molecule has 2 heterocycles. The Kier molecular flexibility index (Phi) is 5.01. The lowest BCUT2D eigenvalue weighted by Gasteiger charge is -2.30. The number of carbonyl (C=O) groups is 1. The molecule has 4 heteroatoms. The van der Waals surface area contributed by atoms with Gasteiger partial charge in [0.25, 0.3) is 0 Å². The molecule has 0 aliphatic carbocycles. The lowest BCUT2D eigenvalue weighted by atomic mass is 10.1. The molecule has 1 amide bonds. The topological polar surface area (TPSA) is 20.3 Å². The molecule has 2 saturated heterocycles. The van der Waals surface area contributed by atoms with Gasteiger partial charge in [-0.25, -0.2) is 0 Å². The lowest BCUT2D eigenvalue weighted by Crippen LogP contribution is -2.44. The highest BCUT2D eigenvalue weighted by atomic mass is 79.9. The minimum Gasteiger partial charge on any atom is -0.338 e. The predicted molar refractivity (Wildman–Crippen MR) is 73.2 cm³/mol. The molecular weight excluding hydrogens is 286 g/mol. The number of nitrogens with zero attached hydrogens (tertiary/aromatic N) is 1. The third-order valence-electron chi connectivity index (χ3n) is 3.54. The molecule has 0 aromatic carbocycles. The molecule has 2 unspecified atom stereocenters. The number of thioether (sulfide) groups is 1. The van der Waals surface area contributed by atoms with E-state index in [0.29, 0.717) is 11.9 Å². The van der Waals surface area contributed by atoms with Crippen LogP contribution >= 0.6 is 27.7 Å². The van der Waals surface area contributed by atoms with Crippen LogP contribution in [0.3, 0.4) is 0 Å². The fourth-order valence-corrected chi connectivity index (χ4v) is 4.49. The summed E-state index contributed by atoms with van der Waals surface area (Å²) in [5, 5.41) is 1.20. The summed E-state index contributed by atoms with van der Waals surface area (Å²) in [7, 11) is 0. The quantitative estimate of drug-likeness (QED) is 0.731. The second-order valence-corrected chi connectivity index (χ2v) is 6.65. The van der Waals surface area contributed by atoms with Gasteiger partial charge >= 0.3 is 0 Å². The summed E-state index contributed by atoms with van der Waals surface area (Å²) in [6, 6.07) is 0.441. The minimum absolute atomic E-state index is 0.264. The zero-order valence-electron chi connectivity index (χ0n) is 9.66. The Balaban J connectivity index is 2.00. The molecule has 0 N–H and O–H groups in total. The highest BCUT2D eigenvalue weighted by Gasteiger charge is 2.31. The van der Waals surface area contributed by atoms with Crippen LogP contribution in [0, 0.1) is 0 Å². The van der Waals surface area contributed by atoms with E-state index in [1.807, 2.05) is 11.8 Å². The van der Waals surface area contributed by atoms with Crippen molar-refractivity contribution in [1.29, 1.82) is 0 Å². The molecule has 0 saturated carbocycles. The van der Waals surface area contributed by atoms with Crippen LogP contribution < -0.4 is 0 Å². The Morgan fingerprint density at radius 3 is 2.81 bits per heavy atom. The number of halogens is 1. The minimum atomic E-state index is 0.264. The SMILES string of the molecule is O=C(C1CCCS1)N1CCCCCC1CBr. The summed E-state index contributed by atoms with van der Waals surface area (Å²) in [6.45, 7) is 0.978. The highest BCUT2D eigenvalue weighted by Crippen LogP contribution is 2.30. The van der Waals surface area contributed by atoms with E-state index < -0.39 is 0 Å². The van der Waals surface area contributed by atoms with Gasteiger partial charge in [0.15, 0.2) is 0 Å². The van der Waals surface area contributed by atoms with Gasteiger partial charge in [0, 0.05) is 17.9 Å². The molecule has 16 heavy (non-hydrogen) atoms. The van der Waals surface area contributed by atoms with Gasteiger partial charge in [-0.15, -0.1) is 11.8 Å². The molecule has 0 spiro atoms. The largest absolute Gasteiger partial charge is 0.338 e. The Hall–Kier alpha value is 0.300. The average Bonchev–Trinajstić information content (AvgIpc) is 2.73. The highest BCUT2D eigenvalue weighted by molar-refractivity contribution is 9.09. The van der Waals surface area contributed by atoms with Crippen molar-refractivity contribution in [3.05, 3.63) is 0 Å². The zero-order chi connectivity index (χ0) is 11.4. The van der Waals surface area contributed by atoms with Crippen molar-refractivity contribution < 1.29 is 4.79 Å². The number of alkyl halides is 1. The van der Waals surface area contributed by atoms with Crippen molar-refractivity contribution in [2.75, 3.05) is 17.6 Å². The maximum absolute atomic E-state index is 12.4. The van der Waals surface area contributed by atoms with Crippen molar-refractivity contribution >= 4 is 33.6 Å². The lowest BCUT2D eigenvalue weighted by molar-refractivity contribution is -0.132. The molecule has 2 nitrogen and oxygen atoms in total. The van der Waals surface area contributed by atoms with E-state index >= 15 is 0 Å². The molecule has 0 radical (unpaired) electrons. The van der Waals surface area contributed by atoms with E-state index in [1.165, 1.54) is 37.9 Å². The molecule has 92 valence electrons. The normalized spacial score (nSPS) is 31.4. The first-order valence-corrected chi connectivity index (χ1v) is 8.48. The first-order chi connectivity index (χ1) is 7.83. The van der Waals surface area contributed by atoms with E-state index in [2.05, 4.69) is 20.8 Å². The van der Waals surface area contributed by atoms with Gasteiger partial charge in [0.1, 0.15) is 0 Å². The second kappa shape index (κ2) is 6.29. The molecule has 0 bridgehead atoms. The average molecular weight is 306 g/mol. The molecular formula is C12H20BrNOS. The Morgan fingerprint density at radius 1 is 1.25 bits per heavy atom. The van der Waals surface area contributed by atoms with E-state index in [0.717, 1.165) is 18.3 Å². The maximum atomic E-state index is 12.4. The summed E-state index contributed by atoms with van der Waals surface area (Å²) in [6.07, 6.45) is 7.23. The molecule has 2 rings (SSSR count). The third-order valence-corrected chi connectivity index (χ3v) is 5.65. The summed E-state index contributed by atoms with van der Waals surface area (Å²) in [4.78, 5) is 14.6. The van der Waals surface area contributed by atoms with Crippen molar-refractivity contribution in [2.45, 2.75) is 49.8 Å². The number of amides is 1. The van der Waals surface area contributed by atoms with Crippen LogP contribution in [0.2, 0.25) is 0 Å². The second-order valence-electron chi connectivity index (χ2n) is 4.69. The Morgan fingerprint density at radius 2 is 2.12 bits per heavy atom. The molecule has 2 aliphatic rings. The molecule has 0 aromatic rings. The number of carbonyl (C=O) groups excluding carboxylic acids is 1. The fraction of sp³-hybridized carbons (Fsp3) is 0.917. The van der Waals surface area contributed by atoms with Crippen LogP contribution in [-0.4, -0.2) is 39.7 Å². The third kappa shape index (κ3) is 2.95. The van der Waals surface area contributed by atoms with Gasteiger partial charge in [-0.1, -0.05) is 28.8 Å². The van der Waals surface area contributed by atoms with E-state index in [9.17, 15) is 4.79 Å². The fourth-order valence-electron chi connectivity index (χ4n) is 2.59. The van der Waals surface area contributed by atoms with Crippen LogP contribution in [0.5, 0.6) is 0 Å². The van der Waals surface area contributed by atoms with Gasteiger partial charge in [0.2, 0.25) is 5.91 Å². The summed E-state index contributed by atoms with van der Waals surface area (Å²) < 4.78 is 0. The predicted octanol–water partition coefficient (Wildman–Crippen LogP) is 3.05. The van der Waals surface area contributed by atoms with Crippen molar-refractivity contribution in [2.24, 2.45) is 0 Å². The molecule has 2 atom stereocenters. The van der Waals surface area contributed by atoms with Crippen LogP contribution in [0.1, 0.15) is 38.5 Å². The van der Waals surface area contributed by atoms with Crippen molar-refractivity contribution in [1.82, 2.24) is 4.90 Å². The monoisotopic (exact) mass is 305 g/mol. The Labute approximate surface area is 111 Å². The van der Waals surface area contributed by atoms with Crippen LogP contribution in [0.4, 0.5) is 0 Å². The Bertz CT molecular complexity index is 243. The van der Waals surface area contributed by atoms with E-state index in [4.69, 9.17) is 0 Å². The smallest absolute Gasteiger partial charge is 0.235 e. The van der Waals surface area contributed by atoms with Crippen LogP contribution in [0.15, 0.2) is 0 Å². The maximum Gasteiger partial charge on any atom is 0.235 e. The van der Waals surface area contributed by atoms with Crippen LogP contribution in [-0.2, 0) is 4.79 Å². The number of rotatable bonds is 2. The molecule has 2 aliphatic heterocycles. The van der Waals surface area contributed by atoms with Gasteiger partial charge in [-0.2, -0.15) is 0 Å². The number of hydrogen-bond donors (Lipinski definition) is 0. The van der Waals surface area contributed by atoms with E-state index in [1.54, 1.807) is 0 Å². The van der Waals surface area contributed by atoms with Gasteiger partial charge in [-0.05, 0) is 31.4 Å². The first kappa shape index (κ1) is 12.7. The van der Waals surface area contributed by atoms with Crippen molar-refractivity contribution in [3.8, 4) is 0 Å². The molecule has 2 fully saturated rings.